The zero-order valence-electron chi connectivity index (χ0n) is 15.5. The molecule has 28 heavy (non-hydrogen) atoms. The van der Waals surface area contributed by atoms with Crippen LogP contribution in [0.1, 0.15) is 40.7 Å². The zero-order valence-corrected chi connectivity index (χ0v) is 16.3. The van der Waals surface area contributed by atoms with Crippen molar-refractivity contribution in [1.29, 1.82) is 0 Å². The second-order valence-electron chi connectivity index (χ2n) is 7.02. The highest BCUT2D eigenvalue weighted by Crippen LogP contribution is 2.55. The number of sulfonamides is 1. The number of aryl methyl sites for hydroxylation is 1. The topological polar surface area (TPSA) is 81.7 Å². The first-order valence-corrected chi connectivity index (χ1v) is 10.5. The van der Waals surface area contributed by atoms with Crippen molar-refractivity contribution in [3.63, 3.8) is 0 Å². The van der Waals surface area contributed by atoms with Gasteiger partial charge in [0.25, 0.3) is 10.0 Å². The maximum atomic E-state index is 13.5. The number of rotatable bonds is 5. The second-order valence-corrected chi connectivity index (χ2v) is 8.67. The Bertz CT molecular complexity index is 1070. The molecule has 0 radical (unpaired) electrons. The molecule has 1 heterocycles. The fraction of sp³-hybridized carbons (Fsp3) is 0.350. The number of hydrogen-bond donors (Lipinski definition) is 1. The summed E-state index contributed by atoms with van der Waals surface area (Å²) in [5.74, 6) is -0.0233. The summed E-state index contributed by atoms with van der Waals surface area (Å²) in [6.07, 6.45) is 1.34. The molecule has 2 aliphatic rings. The van der Waals surface area contributed by atoms with Crippen molar-refractivity contribution in [2.45, 2.75) is 30.6 Å². The molecule has 0 saturated heterocycles. The number of carbonyl (C=O) groups is 1. The van der Waals surface area contributed by atoms with Crippen molar-refractivity contribution in [1.82, 2.24) is 0 Å². The lowest BCUT2D eigenvalue weighted by Crippen LogP contribution is -2.20. The fourth-order valence-corrected chi connectivity index (χ4v) is 5.09. The van der Waals surface area contributed by atoms with E-state index in [-0.39, 0.29) is 16.1 Å². The lowest BCUT2D eigenvalue weighted by atomic mass is 10.0. The summed E-state index contributed by atoms with van der Waals surface area (Å²) < 4.78 is 52.5. The van der Waals surface area contributed by atoms with E-state index in [1.54, 1.807) is 19.1 Å². The molecule has 0 spiro atoms. The number of hydrogen-bond acceptors (Lipinski definition) is 5. The minimum absolute atomic E-state index is 0.0342. The highest BCUT2D eigenvalue weighted by molar-refractivity contribution is 7.92. The van der Waals surface area contributed by atoms with Gasteiger partial charge in [0, 0.05) is 5.92 Å². The van der Waals surface area contributed by atoms with Gasteiger partial charge in [-0.1, -0.05) is 13.0 Å². The van der Waals surface area contributed by atoms with E-state index in [2.05, 4.69) is 4.72 Å². The second kappa shape index (κ2) is 6.77. The number of benzene rings is 2. The van der Waals surface area contributed by atoms with Crippen LogP contribution in [0.2, 0.25) is 0 Å². The summed E-state index contributed by atoms with van der Waals surface area (Å²) in [7, 11) is -2.81. The molecule has 2 unspecified atom stereocenters. The van der Waals surface area contributed by atoms with Crippen LogP contribution in [0.5, 0.6) is 5.75 Å². The summed E-state index contributed by atoms with van der Waals surface area (Å²) in [4.78, 5) is 12.4. The third kappa shape index (κ3) is 3.11. The molecule has 1 saturated carbocycles. The van der Waals surface area contributed by atoms with Gasteiger partial charge in [-0.05, 0) is 54.2 Å². The van der Waals surface area contributed by atoms with Crippen LogP contribution < -0.4 is 9.46 Å². The van der Waals surface area contributed by atoms with E-state index in [9.17, 15) is 17.6 Å². The molecular weight excluding hydrogens is 385 g/mol. The fourth-order valence-electron chi connectivity index (χ4n) is 3.73. The van der Waals surface area contributed by atoms with E-state index < -0.39 is 21.8 Å². The summed E-state index contributed by atoms with van der Waals surface area (Å²) >= 11 is 0. The van der Waals surface area contributed by atoms with E-state index in [1.165, 1.54) is 19.2 Å². The van der Waals surface area contributed by atoms with Gasteiger partial charge in [0.15, 0.2) is 0 Å². The molecule has 2 aromatic carbocycles. The molecule has 2 atom stereocenters. The van der Waals surface area contributed by atoms with E-state index >= 15 is 0 Å². The smallest absolute Gasteiger partial charge is 0.343 e. The molecule has 0 bridgehead atoms. The number of carbonyl (C=O) groups excluding carboxylic acids is 1. The molecule has 1 aliphatic carbocycles. The number of nitrogens with one attached hydrogen (secondary N) is 1. The predicted molar refractivity (Wildman–Crippen MR) is 101 cm³/mol. The molecule has 0 amide bonds. The Morgan fingerprint density at radius 3 is 2.82 bits per heavy atom. The highest BCUT2D eigenvalue weighted by Gasteiger charge is 2.45. The maximum Gasteiger partial charge on any atom is 0.343 e. The molecule has 2 aromatic rings. The number of esters is 1. The van der Waals surface area contributed by atoms with Crippen LogP contribution >= 0.6 is 0 Å². The van der Waals surface area contributed by atoms with Crippen LogP contribution in [0.4, 0.5) is 10.1 Å². The van der Waals surface area contributed by atoms with Crippen LogP contribution in [0.15, 0.2) is 35.2 Å². The first-order chi connectivity index (χ1) is 13.4. The Morgan fingerprint density at radius 2 is 2.11 bits per heavy atom. The predicted octanol–water partition coefficient (Wildman–Crippen LogP) is 3.47. The van der Waals surface area contributed by atoms with Crippen molar-refractivity contribution in [3.8, 4) is 5.75 Å². The van der Waals surface area contributed by atoms with Crippen molar-refractivity contribution in [2.24, 2.45) is 5.92 Å². The Balaban J connectivity index is 1.78. The van der Waals surface area contributed by atoms with Crippen molar-refractivity contribution in [2.75, 3.05) is 18.4 Å². The highest BCUT2D eigenvalue weighted by atomic mass is 32.2. The molecule has 1 N–H and O–H groups in total. The van der Waals surface area contributed by atoms with Gasteiger partial charge in [-0.25, -0.2) is 17.6 Å². The van der Waals surface area contributed by atoms with Crippen LogP contribution in [-0.4, -0.2) is 28.1 Å². The normalized spacial score (nSPS) is 19.8. The molecule has 0 aromatic heterocycles. The minimum Gasteiger partial charge on any atom is -0.492 e. The SMILES string of the molecule is CCc1cc(F)ccc1S(=O)(=O)Nc1ccc2c(c1C(=O)OC)OCC1CC21. The first kappa shape index (κ1) is 18.7. The number of halogens is 1. The number of ether oxygens (including phenoxy) is 2. The van der Waals surface area contributed by atoms with Gasteiger partial charge in [-0.3, -0.25) is 4.72 Å². The molecular formula is C20H20FNO5S. The Labute approximate surface area is 162 Å². The Hall–Kier alpha value is -2.61. The average Bonchev–Trinajstić information content (AvgIpc) is 3.46. The standard InChI is InChI=1S/C20H20FNO5S/c1-3-11-8-13(21)4-7-17(11)28(24,25)22-16-6-5-14-15-9-12(15)10-27-19(14)18(16)20(23)26-2/h4-8,12,15,22H,3,9-10H2,1-2H3. The van der Waals surface area contributed by atoms with Gasteiger partial charge in [0.2, 0.25) is 0 Å². The Kier molecular flexibility index (Phi) is 4.53. The third-order valence-electron chi connectivity index (χ3n) is 5.28. The average molecular weight is 405 g/mol. The van der Waals surface area contributed by atoms with Gasteiger partial charge in [0.05, 0.1) is 24.3 Å². The molecule has 4 rings (SSSR count). The van der Waals surface area contributed by atoms with Gasteiger partial charge in [-0.15, -0.1) is 0 Å². The minimum atomic E-state index is -4.05. The van der Waals surface area contributed by atoms with E-state index in [4.69, 9.17) is 9.47 Å². The van der Waals surface area contributed by atoms with Crippen LogP contribution in [0, 0.1) is 11.7 Å². The van der Waals surface area contributed by atoms with E-state index in [0.29, 0.717) is 36.2 Å². The third-order valence-corrected chi connectivity index (χ3v) is 6.74. The molecule has 6 nitrogen and oxygen atoms in total. The van der Waals surface area contributed by atoms with Gasteiger partial charge < -0.3 is 9.47 Å². The lowest BCUT2D eigenvalue weighted by molar-refractivity contribution is 0.0596. The lowest BCUT2D eigenvalue weighted by Gasteiger charge is -2.22. The summed E-state index contributed by atoms with van der Waals surface area (Å²) in [6.45, 7) is 2.24. The molecule has 1 fully saturated rings. The van der Waals surface area contributed by atoms with Crippen molar-refractivity contribution in [3.05, 3.63) is 52.8 Å². The van der Waals surface area contributed by atoms with Crippen LogP contribution in [-0.2, 0) is 21.2 Å². The zero-order chi connectivity index (χ0) is 20.1. The largest absolute Gasteiger partial charge is 0.492 e. The van der Waals surface area contributed by atoms with Crippen molar-refractivity contribution >= 4 is 21.7 Å². The van der Waals surface area contributed by atoms with E-state index in [0.717, 1.165) is 18.1 Å². The maximum absolute atomic E-state index is 13.5. The Morgan fingerprint density at radius 1 is 1.32 bits per heavy atom. The first-order valence-electron chi connectivity index (χ1n) is 9.05. The summed E-state index contributed by atoms with van der Waals surface area (Å²) in [6, 6.07) is 6.85. The van der Waals surface area contributed by atoms with E-state index in [1.807, 2.05) is 0 Å². The van der Waals surface area contributed by atoms with Crippen LogP contribution in [0.25, 0.3) is 0 Å². The van der Waals surface area contributed by atoms with Gasteiger partial charge in [0.1, 0.15) is 17.1 Å². The number of methoxy groups -OCH3 is 1. The summed E-state index contributed by atoms with van der Waals surface area (Å²) in [5, 5.41) is 0. The number of anilines is 1. The summed E-state index contributed by atoms with van der Waals surface area (Å²) in [5.41, 5.74) is 1.39. The quantitative estimate of drug-likeness (QED) is 0.771. The van der Waals surface area contributed by atoms with Gasteiger partial charge in [-0.2, -0.15) is 0 Å². The van der Waals surface area contributed by atoms with Gasteiger partial charge >= 0.3 is 5.97 Å². The number of fused-ring (bicyclic) bond motifs is 3. The van der Waals surface area contributed by atoms with Crippen molar-refractivity contribution < 1.29 is 27.1 Å². The monoisotopic (exact) mass is 405 g/mol. The molecule has 8 heteroatoms. The molecule has 148 valence electrons. The molecule has 1 aliphatic heterocycles. The van der Waals surface area contributed by atoms with Crippen LogP contribution in [0.3, 0.4) is 0 Å².